The van der Waals surface area contributed by atoms with Gasteiger partial charge in [-0.1, -0.05) is 53.5 Å². The third-order valence-electron chi connectivity index (χ3n) is 6.98. The van der Waals surface area contributed by atoms with Gasteiger partial charge in [0.1, 0.15) is 5.82 Å². The van der Waals surface area contributed by atoms with Gasteiger partial charge in [-0.15, -0.1) is 0 Å². The van der Waals surface area contributed by atoms with Crippen molar-refractivity contribution in [3.05, 3.63) is 87.9 Å². The van der Waals surface area contributed by atoms with Crippen molar-refractivity contribution in [2.75, 3.05) is 29.6 Å². The molecule has 3 aromatic carbocycles. The molecule has 4 aromatic rings. The fourth-order valence-electron chi connectivity index (χ4n) is 4.95. The highest BCUT2D eigenvalue weighted by Crippen LogP contribution is 2.32. The molecule has 206 valence electrons. The minimum Gasteiger partial charge on any atom is -0.362 e. The number of amides is 2. The Kier molecular flexibility index (Phi) is 8.38. The van der Waals surface area contributed by atoms with E-state index >= 15 is 0 Å². The summed E-state index contributed by atoms with van der Waals surface area (Å²) in [6, 6.07) is 19.9. The first kappa shape index (κ1) is 27.7. The Bertz CT molecular complexity index is 1540. The summed E-state index contributed by atoms with van der Waals surface area (Å²) in [4.78, 5) is 37.6. The third kappa shape index (κ3) is 6.29. The second kappa shape index (κ2) is 12.1. The van der Waals surface area contributed by atoms with Crippen LogP contribution in [0.15, 0.2) is 66.7 Å². The lowest BCUT2D eigenvalue weighted by molar-refractivity contribution is 0.0927. The van der Waals surface area contributed by atoms with Crippen molar-refractivity contribution in [1.29, 1.82) is 0 Å². The van der Waals surface area contributed by atoms with Gasteiger partial charge in [0.25, 0.3) is 11.8 Å². The normalized spacial score (nSPS) is 16.8. The van der Waals surface area contributed by atoms with Crippen molar-refractivity contribution in [3.8, 4) is 0 Å². The number of hydrogen-bond donors (Lipinski definition) is 3. The molecule has 2 amide bonds. The summed E-state index contributed by atoms with van der Waals surface area (Å²) in [7, 11) is 3.94. The van der Waals surface area contributed by atoms with Crippen molar-refractivity contribution in [1.82, 2.24) is 15.3 Å². The van der Waals surface area contributed by atoms with Gasteiger partial charge >= 0.3 is 0 Å². The average Bonchev–Trinajstić information content (AvgIpc) is 2.95. The van der Waals surface area contributed by atoms with E-state index in [-0.39, 0.29) is 40.2 Å². The lowest BCUT2D eigenvalue weighted by Crippen LogP contribution is -2.40. The predicted molar refractivity (Wildman–Crippen MR) is 162 cm³/mol. The quantitative estimate of drug-likeness (QED) is 0.235. The lowest BCUT2D eigenvalue weighted by Gasteiger charge is -2.30. The number of carbonyl (C=O) groups is 2. The number of anilines is 3. The van der Waals surface area contributed by atoms with Gasteiger partial charge < -0.3 is 20.9 Å². The molecule has 0 saturated heterocycles. The highest BCUT2D eigenvalue weighted by molar-refractivity contribution is 6.38. The third-order valence-corrected chi connectivity index (χ3v) is 7.49. The molecule has 0 radical (unpaired) electrons. The highest BCUT2D eigenvalue weighted by Gasteiger charge is 2.26. The molecule has 1 aliphatic rings. The van der Waals surface area contributed by atoms with E-state index in [1.165, 1.54) is 12.1 Å². The molecule has 1 aliphatic carbocycles. The lowest BCUT2D eigenvalue weighted by atomic mass is 9.91. The Morgan fingerprint density at radius 3 is 2.25 bits per heavy atom. The maximum Gasteiger partial charge on any atom is 0.255 e. The summed E-state index contributed by atoms with van der Waals surface area (Å²) < 4.78 is 0. The van der Waals surface area contributed by atoms with Crippen molar-refractivity contribution >= 4 is 63.4 Å². The Balaban J connectivity index is 1.24. The van der Waals surface area contributed by atoms with Crippen LogP contribution in [-0.4, -0.2) is 48.0 Å². The van der Waals surface area contributed by atoms with Crippen LogP contribution in [0.1, 0.15) is 46.4 Å². The molecule has 0 atom stereocenters. The van der Waals surface area contributed by atoms with E-state index in [4.69, 9.17) is 33.2 Å². The van der Waals surface area contributed by atoms with Crippen LogP contribution in [0.4, 0.5) is 17.5 Å². The Morgan fingerprint density at radius 1 is 0.850 bits per heavy atom. The average molecular weight is 578 g/mol. The molecule has 0 bridgehead atoms. The van der Waals surface area contributed by atoms with Crippen LogP contribution in [0.25, 0.3) is 10.9 Å². The molecule has 40 heavy (non-hydrogen) atoms. The highest BCUT2D eigenvalue weighted by atomic mass is 35.5. The van der Waals surface area contributed by atoms with Crippen LogP contribution < -0.4 is 20.9 Å². The summed E-state index contributed by atoms with van der Waals surface area (Å²) in [6.07, 6.45) is 3.23. The molecule has 1 heterocycles. The molecule has 1 aromatic heterocycles. The number of nitrogens with zero attached hydrogens (tertiary/aromatic N) is 3. The van der Waals surface area contributed by atoms with Crippen LogP contribution in [0.5, 0.6) is 0 Å². The van der Waals surface area contributed by atoms with Gasteiger partial charge in [-0.2, -0.15) is 4.98 Å². The van der Waals surface area contributed by atoms with E-state index in [1.807, 2.05) is 49.3 Å². The maximum atomic E-state index is 13.3. The number of halogens is 2. The zero-order valence-electron chi connectivity index (χ0n) is 22.2. The standard InChI is InChI=1S/C30H30Cl2N6O2/c1-38(2)27-22-10-6-7-11-25(22)35-30(37-27)34-21-14-12-20(13-15-21)33-29(40)23-16-19(31)17-24(32)26(23)36-28(39)18-8-4-3-5-9-18/h3-11,16-17,20-21H,12-15H2,1-2H3,(H,33,40)(H,36,39)(H,34,35,37). The molecular weight excluding hydrogens is 547 g/mol. The predicted octanol–water partition coefficient (Wildman–Crippen LogP) is 6.41. The van der Waals surface area contributed by atoms with Gasteiger partial charge in [0.15, 0.2) is 0 Å². The molecule has 1 fully saturated rings. The minimum atomic E-state index is -0.362. The van der Waals surface area contributed by atoms with Gasteiger partial charge in [-0.25, -0.2) is 4.98 Å². The Labute approximate surface area is 243 Å². The SMILES string of the molecule is CN(C)c1nc(NC2CCC(NC(=O)c3cc(Cl)cc(Cl)c3NC(=O)c3ccccc3)CC2)nc2ccccc12. The van der Waals surface area contributed by atoms with E-state index in [1.54, 1.807) is 24.3 Å². The van der Waals surface area contributed by atoms with Crippen molar-refractivity contribution in [2.45, 2.75) is 37.8 Å². The molecule has 8 nitrogen and oxygen atoms in total. The molecule has 3 N–H and O–H groups in total. The largest absolute Gasteiger partial charge is 0.362 e. The molecule has 0 spiro atoms. The summed E-state index contributed by atoms with van der Waals surface area (Å²) in [5.74, 6) is 0.767. The topological polar surface area (TPSA) is 99.3 Å². The minimum absolute atomic E-state index is 0.0316. The van der Waals surface area contributed by atoms with Gasteiger partial charge in [0.2, 0.25) is 5.95 Å². The van der Waals surface area contributed by atoms with Crippen LogP contribution >= 0.6 is 23.2 Å². The fourth-order valence-corrected chi connectivity index (χ4v) is 5.49. The van der Waals surface area contributed by atoms with E-state index in [0.29, 0.717) is 16.5 Å². The second-order valence-electron chi connectivity index (χ2n) is 10.1. The number of hydrogen-bond acceptors (Lipinski definition) is 6. The number of rotatable bonds is 7. The molecular formula is C30H30Cl2N6O2. The number of nitrogens with one attached hydrogen (secondary N) is 3. The van der Waals surface area contributed by atoms with Crippen molar-refractivity contribution in [3.63, 3.8) is 0 Å². The molecule has 1 saturated carbocycles. The van der Waals surface area contributed by atoms with E-state index in [9.17, 15) is 9.59 Å². The Hall–Kier alpha value is -3.88. The first-order chi connectivity index (χ1) is 19.3. The molecule has 0 aliphatic heterocycles. The summed E-state index contributed by atoms with van der Waals surface area (Å²) >= 11 is 12.6. The molecule has 0 unspecified atom stereocenters. The summed E-state index contributed by atoms with van der Waals surface area (Å²) in [5.41, 5.74) is 1.81. The second-order valence-corrected chi connectivity index (χ2v) is 10.9. The van der Waals surface area contributed by atoms with E-state index in [2.05, 4.69) is 16.0 Å². The molecule has 5 rings (SSSR count). The number of fused-ring (bicyclic) bond motifs is 1. The van der Waals surface area contributed by atoms with Crippen molar-refractivity contribution < 1.29 is 9.59 Å². The van der Waals surface area contributed by atoms with Gasteiger partial charge in [-0.3, -0.25) is 9.59 Å². The monoisotopic (exact) mass is 576 g/mol. The zero-order valence-corrected chi connectivity index (χ0v) is 23.8. The summed E-state index contributed by atoms with van der Waals surface area (Å²) in [5, 5.41) is 10.9. The van der Waals surface area contributed by atoms with Crippen LogP contribution in [0.3, 0.4) is 0 Å². The Morgan fingerprint density at radius 2 is 1.52 bits per heavy atom. The first-order valence-corrected chi connectivity index (χ1v) is 13.9. The van der Waals surface area contributed by atoms with Gasteiger partial charge in [-0.05, 0) is 62.1 Å². The first-order valence-electron chi connectivity index (χ1n) is 13.2. The maximum absolute atomic E-state index is 13.3. The van der Waals surface area contributed by atoms with Gasteiger partial charge in [0, 0.05) is 42.2 Å². The number of benzene rings is 3. The number of para-hydroxylation sites is 1. The number of aromatic nitrogens is 2. The van der Waals surface area contributed by atoms with E-state index < -0.39 is 0 Å². The number of carbonyl (C=O) groups excluding carboxylic acids is 2. The van der Waals surface area contributed by atoms with Crippen molar-refractivity contribution in [2.24, 2.45) is 0 Å². The van der Waals surface area contributed by atoms with Crippen LogP contribution in [0.2, 0.25) is 10.0 Å². The van der Waals surface area contributed by atoms with E-state index in [0.717, 1.165) is 42.4 Å². The summed E-state index contributed by atoms with van der Waals surface area (Å²) in [6.45, 7) is 0. The van der Waals surface area contributed by atoms with Crippen LogP contribution in [0, 0.1) is 0 Å². The smallest absolute Gasteiger partial charge is 0.255 e. The van der Waals surface area contributed by atoms with Crippen LogP contribution in [-0.2, 0) is 0 Å². The zero-order chi connectivity index (χ0) is 28.2. The van der Waals surface area contributed by atoms with Gasteiger partial charge in [0.05, 0.1) is 21.8 Å². The fraction of sp³-hybridized carbons (Fsp3) is 0.267. The molecule has 10 heteroatoms.